The monoisotopic (exact) mass is 325 g/mol. The SMILES string of the molecule is CC(C)(C)OC(=O)N1CCCC1C(=O)NCCC1CCCNC1. The summed E-state index contributed by atoms with van der Waals surface area (Å²) in [6.45, 7) is 8.96. The molecule has 2 heterocycles. The molecule has 2 N–H and O–H groups in total. The molecule has 6 heteroatoms. The van der Waals surface area contributed by atoms with E-state index in [1.54, 1.807) is 4.90 Å². The number of nitrogens with zero attached hydrogens (tertiary/aromatic N) is 1. The number of ether oxygens (including phenoxy) is 1. The maximum absolute atomic E-state index is 12.4. The highest BCUT2D eigenvalue weighted by atomic mass is 16.6. The highest BCUT2D eigenvalue weighted by molar-refractivity contribution is 5.86. The topological polar surface area (TPSA) is 70.7 Å². The third kappa shape index (κ3) is 5.68. The van der Waals surface area contributed by atoms with Crippen molar-refractivity contribution in [2.75, 3.05) is 26.2 Å². The predicted molar refractivity (Wildman–Crippen MR) is 89.2 cm³/mol. The van der Waals surface area contributed by atoms with E-state index >= 15 is 0 Å². The van der Waals surface area contributed by atoms with Crippen LogP contribution in [0.1, 0.15) is 52.9 Å². The lowest BCUT2D eigenvalue weighted by atomic mass is 9.96. The average Bonchev–Trinajstić information content (AvgIpc) is 2.96. The van der Waals surface area contributed by atoms with E-state index in [4.69, 9.17) is 4.74 Å². The zero-order valence-corrected chi connectivity index (χ0v) is 14.7. The van der Waals surface area contributed by atoms with Gasteiger partial charge >= 0.3 is 6.09 Å². The van der Waals surface area contributed by atoms with E-state index in [2.05, 4.69) is 10.6 Å². The first-order valence-corrected chi connectivity index (χ1v) is 8.85. The first kappa shape index (κ1) is 18.0. The molecule has 2 saturated heterocycles. The molecule has 2 rings (SSSR count). The maximum atomic E-state index is 12.4. The van der Waals surface area contributed by atoms with E-state index in [0.717, 1.165) is 32.4 Å². The van der Waals surface area contributed by atoms with Crippen LogP contribution >= 0.6 is 0 Å². The van der Waals surface area contributed by atoms with Crippen molar-refractivity contribution in [2.45, 2.75) is 64.5 Å². The Morgan fingerprint density at radius 2 is 2.04 bits per heavy atom. The van der Waals surface area contributed by atoms with Crippen molar-refractivity contribution in [2.24, 2.45) is 5.92 Å². The van der Waals surface area contributed by atoms with Crippen molar-refractivity contribution < 1.29 is 14.3 Å². The zero-order chi connectivity index (χ0) is 16.9. The Balaban J connectivity index is 1.77. The number of rotatable bonds is 4. The van der Waals surface area contributed by atoms with Crippen molar-refractivity contribution in [3.8, 4) is 0 Å². The molecule has 2 atom stereocenters. The molecule has 2 fully saturated rings. The summed E-state index contributed by atoms with van der Waals surface area (Å²) < 4.78 is 5.40. The number of hydrogen-bond donors (Lipinski definition) is 2. The van der Waals surface area contributed by atoms with Gasteiger partial charge in [-0.3, -0.25) is 9.69 Å². The lowest BCUT2D eigenvalue weighted by Crippen LogP contribution is -2.48. The molecular formula is C17H31N3O3. The van der Waals surface area contributed by atoms with Crippen LogP contribution in [0.25, 0.3) is 0 Å². The number of carbonyl (C=O) groups is 2. The van der Waals surface area contributed by atoms with Gasteiger partial charge in [0.15, 0.2) is 0 Å². The summed E-state index contributed by atoms with van der Waals surface area (Å²) in [6.07, 6.45) is 4.63. The highest BCUT2D eigenvalue weighted by Gasteiger charge is 2.36. The molecule has 0 radical (unpaired) electrons. The summed E-state index contributed by atoms with van der Waals surface area (Å²) in [7, 11) is 0. The first-order chi connectivity index (χ1) is 10.9. The van der Waals surface area contributed by atoms with Crippen LogP contribution in [0.2, 0.25) is 0 Å². The fraction of sp³-hybridized carbons (Fsp3) is 0.882. The molecule has 6 nitrogen and oxygen atoms in total. The van der Waals surface area contributed by atoms with Gasteiger partial charge in [-0.25, -0.2) is 4.79 Å². The number of likely N-dealkylation sites (tertiary alicyclic amines) is 1. The number of nitrogens with one attached hydrogen (secondary N) is 2. The van der Waals surface area contributed by atoms with Gasteiger partial charge in [-0.2, -0.15) is 0 Å². The quantitative estimate of drug-likeness (QED) is 0.828. The molecule has 0 aliphatic carbocycles. The summed E-state index contributed by atoms with van der Waals surface area (Å²) in [5.41, 5.74) is -0.533. The molecular weight excluding hydrogens is 294 g/mol. The molecule has 2 amide bonds. The Labute approximate surface area is 139 Å². The van der Waals surface area contributed by atoms with Crippen LogP contribution in [0.15, 0.2) is 0 Å². The van der Waals surface area contributed by atoms with E-state index in [1.165, 1.54) is 12.8 Å². The number of carbonyl (C=O) groups excluding carboxylic acids is 2. The Morgan fingerprint density at radius 1 is 1.26 bits per heavy atom. The minimum atomic E-state index is -0.533. The molecule has 0 aromatic carbocycles. The minimum Gasteiger partial charge on any atom is -0.444 e. The molecule has 0 aromatic heterocycles. The van der Waals surface area contributed by atoms with Crippen LogP contribution in [-0.2, 0) is 9.53 Å². The van der Waals surface area contributed by atoms with Gasteiger partial charge in [-0.15, -0.1) is 0 Å². The molecule has 2 unspecified atom stereocenters. The van der Waals surface area contributed by atoms with E-state index in [0.29, 0.717) is 19.0 Å². The van der Waals surface area contributed by atoms with Crippen molar-refractivity contribution in [3.63, 3.8) is 0 Å². The maximum Gasteiger partial charge on any atom is 0.410 e. The summed E-state index contributed by atoms with van der Waals surface area (Å²) in [5, 5.41) is 6.39. The number of amides is 2. The molecule has 0 aromatic rings. The summed E-state index contributed by atoms with van der Waals surface area (Å²) in [6, 6.07) is -0.380. The zero-order valence-electron chi connectivity index (χ0n) is 14.7. The molecule has 0 bridgehead atoms. The molecule has 2 aliphatic rings. The second-order valence-corrected chi connectivity index (χ2v) is 7.62. The number of hydrogen-bond acceptors (Lipinski definition) is 4. The van der Waals surface area contributed by atoms with Gasteiger partial charge in [0.05, 0.1) is 0 Å². The second kappa shape index (κ2) is 7.99. The van der Waals surface area contributed by atoms with Gasteiger partial charge in [0, 0.05) is 13.1 Å². The molecule has 2 aliphatic heterocycles. The lowest BCUT2D eigenvalue weighted by Gasteiger charge is -2.28. The predicted octanol–water partition coefficient (Wildman–Crippen LogP) is 1.89. The third-order valence-corrected chi connectivity index (χ3v) is 4.43. The van der Waals surface area contributed by atoms with Crippen LogP contribution in [0.3, 0.4) is 0 Å². The fourth-order valence-electron chi connectivity index (χ4n) is 3.27. The van der Waals surface area contributed by atoms with Gasteiger partial charge < -0.3 is 15.4 Å². The molecule has 23 heavy (non-hydrogen) atoms. The fourth-order valence-corrected chi connectivity index (χ4v) is 3.27. The van der Waals surface area contributed by atoms with Crippen LogP contribution in [0, 0.1) is 5.92 Å². The normalized spacial score (nSPS) is 25.3. The van der Waals surface area contributed by atoms with Crippen LogP contribution in [-0.4, -0.2) is 54.7 Å². The Morgan fingerprint density at radius 3 is 2.70 bits per heavy atom. The minimum absolute atomic E-state index is 0.0443. The summed E-state index contributed by atoms with van der Waals surface area (Å²) in [5.74, 6) is 0.603. The average molecular weight is 325 g/mol. The van der Waals surface area contributed by atoms with E-state index < -0.39 is 5.60 Å². The van der Waals surface area contributed by atoms with Gasteiger partial charge in [-0.1, -0.05) is 0 Å². The largest absolute Gasteiger partial charge is 0.444 e. The molecule has 0 saturated carbocycles. The Kier molecular flexibility index (Phi) is 6.27. The van der Waals surface area contributed by atoms with Crippen molar-refractivity contribution in [1.82, 2.24) is 15.5 Å². The van der Waals surface area contributed by atoms with Gasteiger partial charge in [0.2, 0.25) is 5.91 Å². The highest BCUT2D eigenvalue weighted by Crippen LogP contribution is 2.21. The Bertz CT molecular complexity index is 414. The Hall–Kier alpha value is -1.30. The van der Waals surface area contributed by atoms with Crippen molar-refractivity contribution in [3.05, 3.63) is 0 Å². The lowest BCUT2D eigenvalue weighted by molar-refractivity contribution is -0.125. The van der Waals surface area contributed by atoms with Crippen molar-refractivity contribution >= 4 is 12.0 Å². The summed E-state index contributed by atoms with van der Waals surface area (Å²) in [4.78, 5) is 26.2. The smallest absolute Gasteiger partial charge is 0.410 e. The van der Waals surface area contributed by atoms with E-state index in [1.807, 2.05) is 20.8 Å². The van der Waals surface area contributed by atoms with Gasteiger partial charge in [0.25, 0.3) is 0 Å². The van der Waals surface area contributed by atoms with Gasteiger partial charge in [-0.05, 0) is 71.9 Å². The molecule has 0 spiro atoms. The van der Waals surface area contributed by atoms with Crippen LogP contribution < -0.4 is 10.6 Å². The van der Waals surface area contributed by atoms with E-state index in [9.17, 15) is 9.59 Å². The van der Waals surface area contributed by atoms with Crippen molar-refractivity contribution in [1.29, 1.82) is 0 Å². The standard InChI is InChI=1S/C17H31N3O3/c1-17(2,3)23-16(22)20-11-5-7-14(20)15(21)19-10-8-13-6-4-9-18-12-13/h13-14,18H,4-12H2,1-3H3,(H,19,21). The van der Waals surface area contributed by atoms with Crippen LogP contribution in [0.5, 0.6) is 0 Å². The molecule has 132 valence electrons. The van der Waals surface area contributed by atoms with E-state index in [-0.39, 0.29) is 18.0 Å². The second-order valence-electron chi connectivity index (χ2n) is 7.62. The van der Waals surface area contributed by atoms with Gasteiger partial charge in [0.1, 0.15) is 11.6 Å². The number of piperidine rings is 1. The summed E-state index contributed by atoms with van der Waals surface area (Å²) >= 11 is 0. The first-order valence-electron chi connectivity index (χ1n) is 8.85. The van der Waals surface area contributed by atoms with Crippen LogP contribution in [0.4, 0.5) is 4.79 Å². The third-order valence-electron chi connectivity index (χ3n) is 4.43.